The van der Waals surface area contributed by atoms with E-state index >= 15 is 0 Å². The molecule has 0 aliphatic carbocycles. The van der Waals surface area contributed by atoms with E-state index in [1.165, 1.54) is 12.1 Å². The Labute approximate surface area is 173 Å². The lowest BCUT2D eigenvalue weighted by molar-refractivity contribution is -0.137. The third kappa shape index (κ3) is 5.49. The zero-order valence-electron chi connectivity index (χ0n) is 16.8. The zero-order chi connectivity index (χ0) is 21.7. The number of halogens is 3. The van der Waals surface area contributed by atoms with Crippen molar-refractivity contribution in [2.45, 2.75) is 32.5 Å². The lowest BCUT2D eigenvalue weighted by atomic mass is 10.00. The predicted molar refractivity (Wildman–Crippen MR) is 112 cm³/mol. The van der Waals surface area contributed by atoms with Gasteiger partial charge >= 0.3 is 6.18 Å². The van der Waals surface area contributed by atoms with E-state index in [-0.39, 0.29) is 17.9 Å². The van der Waals surface area contributed by atoms with Crippen LogP contribution < -0.4 is 10.6 Å². The average molecular weight is 415 g/mol. The summed E-state index contributed by atoms with van der Waals surface area (Å²) in [6.45, 7) is 4.50. The largest absolute Gasteiger partial charge is 0.416 e. The molecule has 1 amide bonds. The van der Waals surface area contributed by atoms with Crippen LogP contribution >= 0.6 is 0 Å². The van der Waals surface area contributed by atoms with Gasteiger partial charge in [-0.2, -0.15) is 13.2 Å². The van der Waals surface area contributed by atoms with Crippen LogP contribution in [0.2, 0.25) is 0 Å². The van der Waals surface area contributed by atoms with Crippen molar-refractivity contribution >= 4 is 22.5 Å². The molecule has 0 saturated heterocycles. The summed E-state index contributed by atoms with van der Waals surface area (Å²) in [5.41, 5.74) is 1.34. The molecule has 0 radical (unpaired) electrons. The summed E-state index contributed by atoms with van der Waals surface area (Å²) in [5, 5.41) is 7.08. The van der Waals surface area contributed by atoms with Gasteiger partial charge in [0.2, 0.25) is 0 Å². The molecule has 3 aromatic rings. The predicted octanol–water partition coefficient (Wildman–Crippen LogP) is 5.51. The van der Waals surface area contributed by atoms with Gasteiger partial charge in [0.05, 0.1) is 11.1 Å². The maximum Gasteiger partial charge on any atom is 0.416 e. The highest BCUT2D eigenvalue weighted by Gasteiger charge is 2.30. The third-order valence-electron chi connectivity index (χ3n) is 4.98. The van der Waals surface area contributed by atoms with Gasteiger partial charge in [0.25, 0.3) is 5.91 Å². The van der Waals surface area contributed by atoms with E-state index in [2.05, 4.69) is 15.6 Å². The number of carbonyl (C=O) groups is 1. The summed E-state index contributed by atoms with van der Waals surface area (Å²) in [5.74, 6) is 0.0636. The molecule has 2 aromatic carbocycles. The maximum absolute atomic E-state index is 12.7. The Morgan fingerprint density at radius 3 is 2.47 bits per heavy atom. The Balaban J connectivity index is 1.57. The molecule has 0 unspecified atom stereocenters. The molecule has 0 spiro atoms. The molecule has 30 heavy (non-hydrogen) atoms. The minimum Gasteiger partial charge on any atom is -0.382 e. The van der Waals surface area contributed by atoms with E-state index in [0.717, 1.165) is 23.0 Å². The molecule has 2 N–H and O–H groups in total. The molecular weight excluding hydrogens is 391 g/mol. The lowest BCUT2D eigenvalue weighted by Crippen LogP contribution is -2.32. The quantitative estimate of drug-likeness (QED) is 0.535. The van der Waals surface area contributed by atoms with Crippen molar-refractivity contribution < 1.29 is 18.0 Å². The molecule has 0 saturated carbocycles. The first-order chi connectivity index (χ1) is 14.2. The second kappa shape index (κ2) is 9.15. The Bertz CT molecular complexity index is 1000. The highest BCUT2D eigenvalue weighted by atomic mass is 19.4. The Morgan fingerprint density at radius 2 is 1.80 bits per heavy atom. The van der Waals surface area contributed by atoms with E-state index in [9.17, 15) is 18.0 Å². The highest BCUT2D eigenvalue weighted by Crippen LogP contribution is 2.30. The first-order valence-electron chi connectivity index (χ1n) is 9.81. The van der Waals surface area contributed by atoms with Crippen LogP contribution in [-0.2, 0) is 6.18 Å². The fourth-order valence-corrected chi connectivity index (χ4v) is 3.20. The zero-order valence-corrected chi connectivity index (χ0v) is 16.8. The van der Waals surface area contributed by atoms with E-state index in [1.807, 2.05) is 32.0 Å². The molecule has 3 rings (SSSR count). The summed E-state index contributed by atoms with van der Waals surface area (Å²) in [6.07, 6.45) is -2.00. The summed E-state index contributed by atoms with van der Waals surface area (Å²) >= 11 is 0. The van der Waals surface area contributed by atoms with E-state index in [0.29, 0.717) is 24.2 Å². The van der Waals surface area contributed by atoms with Crippen LogP contribution in [0.25, 0.3) is 10.9 Å². The number of nitrogens with one attached hydrogen (secondary N) is 2. The molecule has 158 valence electrons. The van der Waals surface area contributed by atoms with E-state index in [4.69, 9.17) is 0 Å². The molecule has 4 nitrogen and oxygen atoms in total. The van der Waals surface area contributed by atoms with Crippen molar-refractivity contribution in [3.63, 3.8) is 0 Å². The number of carbonyl (C=O) groups excluding carboxylic acids is 1. The van der Waals surface area contributed by atoms with E-state index in [1.54, 1.807) is 18.3 Å². The average Bonchev–Trinajstić information content (AvgIpc) is 2.72. The monoisotopic (exact) mass is 415 g/mol. The second-order valence-electron chi connectivity index (χ2n) is 7.53. The van der Waals surface area contributed by atoms with Gasteiger partial charge in [-0.1, -0.05) is 19.9 Å². The van der Waals surface area contributed by atoms with E-state index < -0.39 is 11.7 Å². The van der Waals surface area contributed by atoms with Gasteiger partial charge in [0.1, 0.15) is 0 Å². The second-order valence-corrected chi connectivity index (χ2v) is 7.53. The SMILES string of the molecule is CC(C)[C@H](CCNC(=O)c1ccc2ncccc2c1)Nc1ccc(C(F)(F)F)cc1. The topological polar surface area (TPSA) is 54.0 Å². The first kappa shape index (κ1) is 21.6. The normalized spacial score (nSPS) is 12.7. The van der Waals surface area contributed by atoms with Crippen molar-refractivity contribution in [1.82, 2.24) is 10.3 Å². The molecule has 0 bridgehead atoms. The number of anilines is 1. The summed E-state index contributed by atoms with van der Waals surface area (Å²) in [4.78, 5) is 16.7. The van der Waals surface area contributed by atoms with Crippen LogP contribution in [0.4, 0.5) is 18.9 Å². The molecular formula is C23H24F3N3O. The Kier molecular flexibility index (Phi) is 6.59. The number of rotatable bonds is 7. The number of alkyl halides is 3. The number of pyridine rings is 1. The van der Waals surface area contributed by atoms with Crippen LogP contribution in [0.5, 0.6) is 0 Å². The van der Waals surface area contributed by atoms with Crippen LogP contribution in [0.15, 0.2) is 60.8 Å². The van der Waals surface area contributed by atoms with Gasteiger partial charge in [0, 0.05) is 35.4 Å². The minimum atomic E-state index is -4.35. The number of hydrogen-bond acceptors (Lipinski definition) is 3. The molecule has 0 fully saturated rings. The number of hydrogen-bond donors (Lipinski definition) is 2. The molecule has 0 aliphatic heterocycles. The minimum absolute atomic E-state index is 0.00263. The Hall–Kier alpha value is -3.09. The van der Waals surface area contributed by atoms with Gasteiger partial charge in [0.15, 0.2) is 0 Å². The van der Waals surface area contributed by atoms with Crippen molar-refractivity contribution in [3.05, 3.63) is 71.9 Å². The van der Waals surface area contributed by atoms with Crippen LogP contribution in [0, 0.1) is 5.92 Å². The van der Waals surface area contributed by atoms with Gasteiger partial charge < -0.3 is 10.6 Å². The van der Waals surface area contributed by atoms with Gasteiger partial charge in [-0.3, -0.25) is 9.78 Å². The Morgan fingerprint density at radius 1 is 1.07 bits per heavy atom. The smallest absolute Gasteiger partial charge is 0.382 e. The molecule has 1 aromatic heterocycles. The van der Waals surface area contributed by atoms with Crippen LogP contribution in [-0.4, -0.2) is 23.5 Å². The standard InChI is InChI=1S/C23H24F3N3O/c1-15(2)20(29-19-8-6-18(7-9-19)23(24,25)26)11-13-28-22(30)17-5-10-21-16(14-17)4-3-12-27-21/h3-10,12,14-15,20,29H,11,13H2,1-2H3,(H,28,30)/t20-/m0/s1. The molecule has 7 heteroatoms. The van der Waals surface area contributed by atoms with Gasteiger partial charge in [-0.25, -0.2) is 0 Å². The molecule has 1 heterocycles. The van der Waals surface area contributed by atoms with Crippen molar-refractivity contribution in [2.75, 3.05) is 11.9 Å². The lowest BCUT2D eigenvalue weighted by Gasteiger charge is -2.24. The van der Waals surface area contributed by atoms with Crippen molar-refractivity contribution in [2.24, 2.45) is 5.92 Å². The fourth-order valence-electron chi connectivity index (χ4n) is 3.20. The number of amides is 1. The third-order valence-corrected chi connectivity index (χ3v) is 4.98. The van der Waals surface area contributed by atoms with Crippen LogP contribution in [0.3, 0.4) is 0 Å². The van der Waals surface area contributed by atoms with Gasteiger partial charge in [-0.05, 0) is 60.9 Å². The summed E-state index contributed by atoms with van der Waals surface area (Å²) < 4.78 is 38.1. The van der Waals surface area contributed by atoms with Crippen molar-refractivity contribution in [1.29, 1.82) is 0 Å². The fraction of sp³-hybridized carbons (Fsp3) is 0.304. The maximum atomic E-state index is 12.7. The van der Waals surface area contributed by atoms with Crippen LogP contribution in [0.1, 0.15) is 36.2 Å². The molecule has 1 atom stereocenters. The number of fused-ring (bicyclic) bond motifs is 1. The molecule has 0 aliphatic rings. The van der Waals surface area contributed by atoms with Gasteiger partial charge in [-0.15, -0.1) is 0 Å². The number of aromatic nitrogens is 1. The highest BCUT2D eigenvalue weighted by molar-refractivity contribution is 5.97. The first-order valence-corrected chi connectivity index (χ1v) is 9.81. The number of benzene rings is 2. The van der Waals surface area contributed by atoms with Crippen molar-refractivity contribution in [3.8, 4) is 0 Å². The summed E-state index contributed by atoms with van der Waals surface area (Å²) in [7, 11) is 0. The summed E-state index contributed by atoms with van der Waals surface area (Å²) in [6, 6.07) is 14.1. The number of nitrogens with zero attached hydrogens (tertiary/aromatic N) is 1.